The molecule has 17 heavy (non-hydrogen) atoms. The number of sulfonamides is 1. The summed E-state index contributed by atoms with van der Waals surface area (Å²) in [5, 5.41) is -0.0686. The molecule has 1 aliphatic rings. The average molecular weight is 359 g/mol. The van der Waals surface area contributed by atoms with Gasteiger partial charge in [0.2, 0.25) is 10.0 Å². The maximum absolute atomic E-state index is 12.4. The fraction of sp³-hybridized carbons (Fsp3) is 0.600. The van der Waals surface area contributed by atoms with E-state index in [1.807, 2.05) is 6.92 Å². The van der Waals surface area contributed by atoms with Gasteiger partial charge in [0.15, 0.2) is 0 Å². The smallest absolute Gasteiger partial charge is 0.207 e. The molecule has 7 heteroatoms. The largest absolute Gasteiger partial charge is 0.244 e. The number of piperidine rings is 1. The van der Waals surface area contributed by atoms with Crippen molar-refractivity contribution < 1.29 is 8.42 Å². The van der Waals surface area contributed by atoms with Crippen molar-refractivity contribution in [2.24, 2.45) is 0 Å². The predicted molar refractivity (Wildman–Crippen MR) is 74.4 cm³/mol. The standard InChI is InChI=1S/C10H13BrClNO2S2/c1-7-9(5-10(11)16-7)17(14,15)13-4-2-3-8(12)6-13/h5,8H,2-4,6H2,1H3. The maximum atomic E-state index is 12.4. The van der Waals surface area contributed by atoms with Gasteiger partial charge in [-0.05, 0) is 41.8 Å². The van der Waals surface area contributed by atoms with Crippen LogP contribution in [-0.2, 0) is 10.0 Å². The van der Waals surface area contributed by atoms with Crippen LogP contribution in [0.15, 0.2) is 14.7 Å². The molecular weight excluding hydrogens is 346 g/mol. The molecule has 0 N–H and O–H groups in total. The van der Waals surface area contributed by atoms with E-state index < -0.39 is 10.0 Å². The molecule has 1 atom stereocenters. The highest BCUT2D eigenvalue weighted by atomic mass is 79.9. The average Bonchev–Trinajstić information content (AvgIpc) is 2.58. The summed E-state index contributed by atoms with van der Waals surface area (Å²) in [6.07, 6.45) is 1.72. The van der Waals surface area contributed by atoms with Crippen molar-refractivity contribution in [3.8, 4) is 0 Å². The minimum Gasteiger partial charge on any atom is -0.207 e. The lowest BCUT2D eigenvalue weighted by Gasteiger charge is -2.28. The van der Waals surface area contributed by atoms with Gasteiger partial charge in [-0.15, -0.1) is 22.9 Å². The molecule has 0 saturated carbocycles. The van der Waals surface area contributed by atoms with E-state index in [-0.39, 0.29) is 5.38 Å². The molecule has 1 unspecified atom stereocenters. The summed E-state index contributed by atoms with van der Waals surface area (Å²) in [4.78, 5) is 1.22. The Labute approximate surface area is 119 Å². The molecule has 2 heterocycles. The molecule has 3 nitrogen and oxygen atoms in total. The van der Waals surface area contributed by atoms with E-state index in [1.165, 1.54) is 15.6 Å². The molecule has 96 valence electrons. The molecule has 0 bridgehead atoms. The van der Waals surface area contributed by atoms with Gasteiger partial charge in [0.05, 0.1) is 8.68 Å². The quantitative estimate of drug-likeness (QED) is 0.761. The highest BCUT2D eigenvalue weighted by molar-refractivity contribution is 9.11. The summed E-state index contributed by atoms with van der Waals surface area (Å²) in [5.74, 6) is 0. The van der Waals surface area contributed by atoms with Gasteiger partial charge >= 0.3 is 0 Å². The minimum absolute atomic E-state index is 0.0686. The third-order valence-electron chi connectivity index (χ3n) is 2.79. The molecule has 0 radical (unpaired) electrons. The molecule has 2 rings (SSSR count). The van der Waals surface area contributed by atoms with Crippen LogP contribution in [0.2, 0.25) is 0 Å². The third-order valence-corrected chi connectivity index (χ3v) is 6.82. The van der Waals surface area contributed by atoms with E-state index in [2.05, 4.69) is 15.9 Å². The zero-order valence-corrected chi connectivity index (χ0v) is 13.3. The van der Waals surface area contributed by atoms with Crippen molar-refractivity contribution in [3.63, 3.8) is 0 Å². The molecule has 1 aromatic heterocycles. The predicted octanol–water partition coefficient (Wildman–Crippen LogP) is 3.21. The van der Waals surface area contributed by atoms with Crippen LogP contribution in [0.4, 0.5) is 0 Å². The number of aryl methyl sites for hydroxylation is 1. The SMILES string of the molecule is Cc1sc(Br)cc1S(=O)(=O)N1CCCC(Cl)C1. The Bertz CT molecular complexity index is 514. The normalized spacial score (nSPS) is 22.9. The van der Waals surface area contributed by atoms with Gasteiger partial charge < -0.3 is 0 Å². The number of thiophene rings is 1. The van der Waals surface area contributed by atoms with Crippen molar-refractivity contribution in [1.82, 2.24) is 4.31 Å². The third kappa shape index (κ3) is 2.87. The number of hydrogen-bond donors (Lipinski definition) is 0. The topological polar surface area (TPSA) is 37.4 Å². The van der Waals surface area contributed by atoms with Gasteiger partial charge in [0.25, 0.3) is 0 Å². The van der Waals surface area contributed by atoms with Crippen molar-refractivity contribution >= 4 is 48.9 Å². The number of hydrogen-bond acceptors (Lipinski definition) is 3. The van der Waals surface area contributed by atoms with Gasteiger partial charge in [-0.3, -0.25) is 0 Å². The van der Waals surface area contributed by atoms with Gasteiger partial charge in [0.1, 0.15) is 0 Å². The van der Waals surface area contributed by atoms with Gasteiger partial charge in [-0.25, -0.2) is 8.42 Å². The fourth-order valence-corrected chi connectivity index (χ4v) is 6.25. The molecule has 0 aliphatic carbocycles. The lowest BCUT2D eigenvalue weighted by atomic mass is 10.2. The molecule has 1 aliphatic heterocycles. The Balaban J connectivity index is 2.33. The zero-order valence-electron chi connectivity index (χ0n) is 9.32. The molecule has 1 saturated heterocycles. The highest BCUT2D eigenvalue weighted by Crippen LogP contribution is 2.32. The van der Waals surface area contributed by atoms with E-state index in [0.717, 1.165) is 21.5 Å². The molecule has 0 aromatic carbocycles. The second-order valence-electron chi connectivity index (χ2n) is 4.07. The van der Waals surface area contributed by atoms with Crippen molar-refractivity contribution in [2.75, 3.05) is 13.1 Å². The zero-order chi connectivity index (χ0) is 12.6. The minimum atomic E-state index is -3.38. The van der Waals surface area contributed by atoms with Crippen LogP contribution in [0.3, 0.4) is 0 Å². The van der Waals surface area contributed by atoms with E-state index >= 15 is 0 Å². The first-order valence-corrected chi connectivity index (χ1v) is 8.80. The second-order valence-corrected chi connectivity index (χ2v) is 9.23. The molecule has 0 spiro atoms. The van der Waals surface area contributed by atoms with E-state index in [4.69, 9.17) is 11.6 Å². The van der Waals surface area contributed by atoms with Gasteiger partial charge in [-0.1, -0.05) is 0 Å². The molecule has 0 amide bonds. The van der Waals surface area contributed by atoms with Gasteiger partial charge in [-0.2, -0.15) is 4.31 Å². The first-order valence-electron chi connectivity index (χ1n) is 5.31. The van der Waals surface area contributed by atoms with Crippen LogP contribution in [0.25, 0.3) is 0 Å². The molecule has 1 aromatic rings. The Morgan fingerprint density at radius 2 is 2.29 bits per heavy atom. The van der Waals surface area contributed by atoms with Crippen LogP contribution in [0.1, 0.15) is 17.7 Å². The fourth-order valence-electron chi connectivity index (χ4n) is 1.94. The van der Waals surface area contributed by atoms with Crippen molar-refractivity contribution in [3.05, 3.63) is 14.7 Å². The number of rotatable bonds is 2. The van der Waals surface area contributed by atoms with E-state index in [9.17, 15) is 8.42 Å². The van der Waals surface area contributed by atoms with Gasteiger partial charge in [0, 0.05) is 23.3 Å². The van der Waals surface area contributed by atoms with Crippen LogP contribution >= 0.6 is 38.9 Å². The van der Waals surface area contributed by atoms with Crippen LogP contribution < -0.4 is 0 Å². The first kappa shape index (κ1) is 13.8. The number of nitrogens with zero attached hydrogens (tertiary/aromatic N) is 1. The lowest BCUT2D eigenvalue weighted by molar-refractivity contribution is 0.350. The number of alkyl halides is 1. The Hall–Kier alpha value is 0.380. The number of halogens is 2. The summed E-state index contributed by atoms with van der Waals surface area (Å²) in [5.41, 5.74) is 0. The van der Waals surface area contributed by atoms with E-state index in [0.29, 0.717) is 18.0 Å². The summed E-state index contributed by atoms with van der Waals surface area (Å²) < 4.78 is 27.2. The highest BCUT2D eigenvalue weighted by Gasteiger charge is 2.31. The monoisotopic (exact) mass is 357 g/mol. The Morgan fingerprint density at radius 1 is 1.59 bits per heavy atom. The Morgan fingerprint density at radius 3 is 2.82 bits per heavy atom. The molecule has 1 fully saturated rings. The second kappa shape index (κ2) is 5.17. The van der Waals surface area contributed by atoms with E-state index in [1.54, 1.807) is 6.07 Å². The summed E-state index contributed by atoms with van der Waals surface area (Å²) in [6, 6.07) is 1.67. The van der Waals surface area contributed by atoms with Crippen LogP contribution in [0.5, 0.6) is 0 Å². The Kier molecular flexibility index (Phi) is 4.20. The van der Waals surface area contributed by atoms with Crippen LogP contribution in [0, 0.1) is 6.92 Å². The summed E-state index contributed by atoms with van der Waals surface area (Å²) in [6.45, 7) is 2.81. The maximum Gasteiger partial charge on any atom is 0.244 e. The van der Waals surface area contributed by atoms with Crippen LogP contribution in [-0.4, -0.2) is 31.2 Å². The summed E-state index contributed by atoms with van der Waals surface area (Å²) in [7, 11) is -3.38. The summed E-state index contributed by atoms with van der Waals surface area (Å²) >= 11 is 10.8. The molecular formula is C10H13BrClNO2S2. The van der Waals surface area contributed by atoms with Crippen molar-refractivity contribution in [1.29, 1.82) is 0 Å². The van der Waals surface area contributed by atoms with Crippen molar-refractivity contribution in [2.45, 2.75) is 30.0 Å². The lowest BCUT2D eigenvalue weighted by Crippen LogP contribution is -2.40. The first-order chi connectivity index (χ1) is 7.91.